The van der Waals surface area contributed by atoms with Crippen LogP contribution < -0.4 is 15.8 Å². The summed E-state index contributed by atoms with van der Waals surface area (Å²) in [4.78, 5) is 2.58. The van der Waals surface area contributed by atoms with Crippen molar-refractivity contribution in [2.24, 2.45) is 0 Å². The number of fused-ring (bicyclic) bond motifs is 15. The largest absolute Gasteiger partial charge is 0.456 e. The van der Waals surface area contributed by atoms with E-state index in [1.807, 2.05) is 0 Å². The Labute approximate surface area is 449 Å². The molecule has 0 fully saturated rings. The van der Waals surface area contributed by atoms with E-state index in [-0.39, 0.29) is 17.7 Å². The van der Waals surface area contributed by atoms with Crippen molar-refractivity contribution in [2.45, 2.75) is 59.3 Å². The fraction of sp³-hybridized carbons (Fsp3) is 0.123. The van der Waals surface area contributed by atoms with Crippen LogP contribution in [0, 0.1) is 6.92 Å². The zero-order valence-corrected chi connectivity index (χ0v) is 44.7. The van der Waals surface area contributed by atoms with Gasteiger partial charge in [0.25, 0.3) is 0 Å². The van der Waals surface area contributed by atoms with Crippen molar-refractivity contribution < 1.29 is 4.42 Å². The van der Waals surface area contributed by atoms with Crippen molar-refractivity contribution >= 4 is 122 Å². The van der Waals surface area contributed by atoms with Gasteiger partial charge < -0.3 is 13.8 Å². The summed E-state index contributed by atoms with van der Waals surface area (Å²) in [5.41, 5.74) is 18.6. The Balaban J connectivity index is 1.12. The molecule has 0 saturated carbocycles. The van der Waals surface area contributed by atoms with Crippen molar-refractivity contribution in [3.8, 4) is 22.3 Å². The average Bonchev–Trinajstić information content (AvgIpc) is 4.21. The number of aryl methyl sites for hydroxylation is 1. The second kappa shape index (κ2) is 16.6. The monoisotopic (exact) mass is 988 g/mol. The van der Waals surface area contributed by atoms with Crippen molar-refractivity contribution in [1.82, 2.24) is 4.48 Å². The molecule has 0 amide bonds. The molecule has 3 heterocycles. The maximum Gasteiger partial charge on any atom is 0.332 e. The van der Waals surface area contributed by atoms with E-state index >= 15 is 0 Å². The topological polar surface area (TPSA) is 21.3 Å². The standard InChI is InChI=1S/C73H57BN2O/c1-44-32-52(73(5,6)7)41-63-61-40-51(72(2,3)4)30-31-66(61)76(71(44)63)74-64-38-49-36-59-56-26-16-14-24-54(56)55-25-15-17-27-57(55)60(59)37-50(49)39-67(64)75(68-42-62-58-28-18-19-29-69(58)77-70(62)43-65(68)74)53-34-47(45-20-10-8-11-21-45)33-48(35-53)46-22-12-9-13-23-46/h8-43H,1-7H3. The van der Waals surface area contributed by atoms with Crippen molar-refractivity contribution in [3.05, 3.63) is 235 Å². The lowest BCUT2D eigenvalue weighted by molar-refractivity contribution is 0.590. The fourth-order valence-corrected chi connectivity index (χ4v) is 13.1. The predicted molar refractivity (Wildman–Crippen MR) is 331 cm³/mol. The average molecular weight is 989 g/mol. The Morgan fingerprint density at radius 1 is 0.364 bits per heavy atom. The summed E-state index contributed by atoms with van der Waals surface area (Å²) in [6.45, 7) is 16.1. The molecule has 77 heavy (non-hydrogen) atoms. The van der Waals surface area contributed by atoms with Gasteiger partial charge in [0.1, 0.15) is 11.2 Å². The van der Waals surface area contributed by atoms with Crippen LogP contribution in [0.5, 0.6) is 0 Å². The van der Waals surface area contributed by atoms with E-state index in [9.17, 15) is 0 Å². The fourth-order valence-electron chi connectivity index (χ4n) is 13.1. The van der Waals surface area contributed by atoms with Crippen LogP contribution in [0.15, 0.2) is 223 Å². The van der Waals surface area contributed by atoms with Gasteiger partial charge in [-0.2, -0.15) is 0 Å². The summed E-state index contributed by atoms with van der Waals surface area (Å²) in [6, 6.07) is 82.3. The van der Waals surface area contributed by atoms with E-state index in [0.717, 1.165) is 50.1 Å². The molecule has 1 aliphatic rings. The van der Waals surface area contributed by atoms with Crippen LogP contribution >= 0.6 is 0 Å². The maximum absolute atomic E-state index is 6.94. The van der Waals surface area contributed by atoms with Gasteiger partial charge in [-0.25, -0.2) is 0 Å². The van der Waals surface area contributed by atoms with Gasteiger partial charge in [-0.05, 0) is 184 Å². The second-order valence-electron chi connectivity index (χ2n) is 23.8. The first-order valence-electron chi connectivity index (χ1n) is 27.3. The van der Waals surface area contributed by atoms with Gasteiger partial charge in [-0.3, -0.25) is 0 Å². The minimum atomic E-state index is -0.257. The van der Waals surface area contributed by atoms with Crippen molar-refractivity contribution in [2.75, 3.05) is 4.90 Å². The molecule has 368 valence electrons. The highest BCUT2D eigenvalue weighted by atomic mass is 16.3. The normalized spacial score (nSPS) is 13.1. The van der Waals surface area contributed by atoms with Crippen LogP contribution in [0.25, 0.3) is 109 Å². The highest BCUT2D eigenvalue weighted by molar-refractivity contribution is 6.88. The lowest BCUT2D eigenvalue weighted by atomic mass is 9.47. The summed E-state index contributed by atoms with van der Waals surface area (Å²) in [5, 5.41) is 14.8. The summed E-state index contributed by atoms with van der Waals surface area (Å²) >= 11 is 0. The number of benzene rings is 12. The zero-order chi connectivity index (χ0) is 52.1. The molecular formula is C73H57BN2O. The summed E-state index contributed by atoms with van der Waals surface area (Å²) in [6.07, 6.45) is 0. The van der Waals surface area contributed by atoms with Crippen LogP contribution in [0.4, 0.5) is 17.1 Å². The molecule has 0 unspecified atom stereocenters. The van der Waals surface area contributed by atoms with E-state index in [1.165, 1.54) is 104 Å². The quantitative estimate of drug-likeness (QED) is 0.0995. The molecule has 15 rings (SSSR count). The van der Waals surface area contributed by atoms with E-state index in [2.05, 4.69) is 276 Å². The van der Waals surface area contributed by atoms with Crippen LogP contribution in [0.3, 0.4) is 0 Å². The van der Waals surface area contributed by atoms with Crippen LogP contribution in [-0.4, -0.2) is 11.3 Å². The summed E-state index contributed by atoms with van der Waals surface area (Å²) in [5.74, 6) is 0. The van der Waals surface area contributed by atoms with Crippen molar-refractivity contribution in [3.63, 3.8) is 0 Å². The Kier molecular flexibility index (Phi) is 9.80. The number of para-hydroxylation sites is 1. The van der Waals surface area contributed by atoms with Gasteiger partial charge in [0.2, 0.25) is 0 Å². The molecule has 14 aromatic rings. The first-order chi connectivity index (χ1) is 37.3. The van der Waals surface area contributed by atoms with Crippen molar-refractivity contribution in [1.29, 1.82) is 0 Å². The first-order valence-corrected chi connectivity index (χ1v) is 27.3. The van der Waals surface area contributed by atoms with Gasteiger partial charge in [0.05, 0.1) is 0 Å². The molecule has 12 aromatic carbocycles. The maximum atomic E-state index is 6.94. The highest BCUT2D eigenvalue weighted by Gasteiger charge is 2.40. The van der Waals surface area contributed by atoms with Gasteiger partial charge in [-0.15, -0.1) is 0 Å². The molecule has 0 bridgehead atoms. The number of aromatic nitrogens is 1. The van der Waals surface area contributed by atoms with E-state index in [4.69, 9.17) is 4.42 Å². The molecule has 0 radical (unpaired) electrons. The van der Waals surface area contributed by atoms with E-state index in [0.29, 0.717) is 0 Å². The molecule has 0 atom stereocenters. The number of furan rings is 1. The third kappa shape index (κ3) is 7.04. The Morgan fingerprint density at radius 3 is 1.49 bits per heavy atom. The molecule has 4 heteroatoms. The van der Waals surface area contributed by atoms with E-state index < -0.39 is 0 Å². The lowest BCUT2D eigenvalue weighted by Gasteiger charge is -2.38. The van der Waals surface area contributed by atoms with Gasteiger partial charge in [-0.1, -0.05) is 187 Å². The van der Waals surface area contributed by atoms with Gasteiger partial charge in [0.15, 0.2) is 0 Å². The summed E-state index contributed by atoms with van der Waals surface area (Å²) in [7, 11) is 0. The first kappa shape index (κ1) is 45.5. The Bertz CT molecular complexity index is 4720. The molecule has 2 aromatic heterocycles. The number of hydrogen-bond acceptors (Lipinski definition) is 2. The number of nitrogens with zero attached hydrogens (tertiary/aromatic N) is 2. The smallest absolute Gasteiger partial charge is 0.332 e. The third-order valence-corrected chi connectivity index (χ3v) is 16.9. The highest BCUT2D eigenvalue weighted by Crippen LogP contribution is 2.47. The molecule has 0 N–H and O–H groups in total. The zero-order valence-electron chi connectivity index (χ0n) is 44.7. The number of anilines is 3. The van der Waals surface area contributed by atoms with Crippen LogP contribution in [0.1, 0.15) is 58.2 Å². The third-order valence-electron chi connectivity index (χ3n) is 16.9. The van der Waals surface area contributed by atoms with Gasteiger partial charge >= 0.3 is 6.85 Å². The minimum Gasteiger partial charge on any atom is -0.456 e. The van der Waals surface area contributed by atoms with Gasteiger partial charge in [0, 0.05) is 49.6 Å². The molecular weight excluding hydrogens is 932 g/mol. The lowest BCUT2D eigenvalue weighted by Crippen LogP contribution is -2.54. The molecule has 0 aliphatic carbocycles. The second-order valence-corrected chi connectivity index (χ2v) is 23.8. The number of rotatable bonds is 4. The minimum absolute atomic E-state index is 0.0409. The summed E-state index contributed by atoms with van der Waals surface area (Å²) < 4.78 is 9.64. The van der Waals surface area contributed by atoms with Crippen LogP contribution in [0.2, 0.25) is 0 Å². The predicted octanol–water partition coefficient (Wildman–Crippen LogP) is 19.0. The Hall–Kier alpha value is -8.86. The molecule has 1 aliphatic heterocycles. The molecule has 3 nitrogen and oxygen atoms in total. The Morgan fingerprint density at radius 2 is 0.883 bits per heavy atom. The number of hydrogen-bond donors (Lipinski definition) is 0. The van der Waals surface area contributed by atoms with Crippen LogP contribution in [-0.2, 0) is 10.8 Å². The molecule has 0 spiro atoms. The molecule has 0 saturated heterocycles. The van der Waals surface area contributed by atoms with E-state index in [1.54, 1.807) is 0 Å². The SMILES string of the molecule is Cc1cc(C(C)(C)C)cc2c3cc(C(C)(C)C)ccc3n(B3c4cc5cc6c7ccccc7c7ccccc7c6cc5cc4N(c4cc(-c5ccccc5)cc(-c5ccccc5)c4)c4cc5c(cc43)oc3ccccc35)c12.